The molecule has 0 bridgehead atoms. The van der Waals surface area contributed by atoms with Crippen molar-refractivity contribution in [1.29, 1.82) is 5.26 Å². The van der Waals surface area contributed by atoms with E-state index in [0.717, 1.165) is 31.2 Å². The second-order valence-corrected chi connectivity index (χ2v) is 9.95. The van der Waals surface area contributed by atoms with Gasteiger partial charge >= 0.3 is 0 Å². The molecule has 2 aromatic heterocycles. The zero-order chi connectivity index (χ0) is 22.0. The fourth-order valence-electron chi connectivity index (χ4n) is 3.92. The molecule has 0 aliphatic heterocycles. The monoisotopic (exact) mass is 452 g/mol. The molecule has 6 nitrogen and oxygen atoms in total. The second kappa shape index (κ2) is 9.25. The minimum absolute atomic E-state index is 0.0756. The minimum atomic E-state index is -0.198. The van der Waals surface area contributed by atoms with E-state index < -0.39 is 0 Å². The number of aryl methyl sites for hydroxylation is 1. The van der Waals surface area contributed by atoms with Gasteiger partial charge in [-0.25, -0.2) is 4.98 Å². The molecule has 160 valence electrons. The number of fused-ring (bicyclic) bond motifs is 2. The van der Waals surface area contributed by atoms with Gasteiger partial charge < -0.3 is 5.32 Å². The highest BCUT2D eigenvalue weighted by Gasteiger charge is 2.21. The number of carbonyl (C=O) groups is 1. The molecule has 0 fully saturated rings. The standard InChI is InChI=1S/C23H24N4O2S2/c1-14(2)27-22(29)16-9-6-7-10-18(16)25-23(27)30-13-20(28)26-21-17(12-24)15-8-4-3-5-11-19(15)31-21/h6-7,9-10,14H,3-5,8,11,13H2,1-2H3,(H,26,28). The fourth-order valence-corrected chi connectivity index (χ4v) is 6.11. The number of para-hydroxylation sites is 1. The van der Waals surface area contributed by atoms with Crippen LogP contribution < -0.4 is 10.9 Å². The summed E-state index contributed by atoms with van der Waals surface area (Å²) in [5.74, 6) is -0.0825. The lowest BCUT2D eigenvalue weighted by Crippen LogP contribution is -2.25. The molecule has 0 saturated carbocycles. The van der Waals surface area contributed by atoms with Crippen LogP contribution in [0.15, 0.2) is 34.2 Å². The van der Waals surface area contributed by atoms with E-state index in [9.17, 15) is 14.9 Å². The Bertz CT molecular complexity index is 1240. The van der Waals surface area contributed by atoms with Crippen molar-refractivity contribution in [3.05, 3.63) is 50.6 Å². The lowest BCUT2D eigenvalue weighted by molar-refractivity contribution is -0.113. The molecule has 4 rings (SSSR count). The van der Waals surface area contributed by atoms with Gasteiger partial charge in [0.05, 0.1) is 22.2 Å². The van der Waals surface area contributed by atoms with Crippen molar-refractivity contribution in [1.82, 2.24) is 9.55 Å². The van der Waals surface area contributed by atoms with Gasteiger partial charge in [-0.3, -0.25) is 14.2 Å². The number of carbonyl (C=O) groups excluding carboxylic acids is 1. The number of benzene rings is 1. The third kappa shape index (κ3) is 4.39. The Morgan fingerprint density at radius 3 is 2.84 bits per heavy atom. The van der Waals surface area contributed by atoms with E-state index in [2.05, 4.69) is 16.4 Å². The fraction of sp³-hybridized carbons (Fsp3) is 0.391. The van der Waals surface area contributed by atoms with Gasteiger partial charge in [-0.05, 0) is 57.2 Å². The summed E-state index contributed by atoms with van der Waals surface area (Å²) in [5.41, 5.74) is 2.25. The Hall–Kier alpha value is -2.63. The van der Waals surface area contributed by atoms with Crippen LogP contribution in [0, 0.1) is 11.3 Å². The topological polar surface area (TPSA) is 87.8 Å². The van der Waals surface area contributed by atoms with Gasteiger partial charge in [-0.15, -0.1) is 11.3 Å². The van der Waals surface area contributed by atoms with Crippen LogP contribution in [0.1, 0.15) is 55.2 Å². The third-order valence-corrected chi connectivity index (χ3v) is 7.57. The lowest BCUT2D eigenvalue weighted by atomic mass is 10.1. The number of nitrogens with one attached hydrogen (secondary N) is 1. The molecular formula is C23H24N4O2S2. The summed E-state index contributed by atoms with van der Waals surface area (Å²) in [7, 11) is 0. The Morgan fingerprint density at radius 1 is 1.29 bits per heavy atom. The minimum Gasteiger partial charge on any atom is -0.316 e. The number of rotatable bonds is 5. The highest BCUT2D eigenvalue weighted by Crippen LogP contribution is 2.37. The van der Waals surface area contributed by atoms with E-state index in [1.165, 1.54) is 34.4 Å². The van der Waals surface area contributed by atoms with Crippen LogP contribution in [-0.4, -0.2) is 21.2 Å². The van der Waals surface area contributed by atoms with E-state index in [-0.39, 0.29) is 23.3 Å². The molecule has 1 aromatic carbocycles. The number of thiophene rings is 1. The van der Waals surface area contributed by atoms with Gasteiger partial charge in [0.15, 0.2) is 5.16 Å². The molecule has 3 aromatic rings. The number of nitrogens with zero attached hydrogens (tertiary/aromatic N) is 3. The largest absolute Gasteiger partial charge is 0.316 e. The first-order valence-electron chi connectivity index (χ1n) is 10.5. The van der Waals surface area contributed by atoms with Crippen LogP contribution in [0.5, 0.6) is 0 Å². The van der Waals surface area contributed by atoms with Crippen molar-refractivity contribution >= 4 is 44.9 Å². The van der Waals surface area contributed by atoms with E-state index >= 15 is 0 Å². The number of aromatic nitrogens is 2. The van der Waals surface area contributed by atoms with Crippen molar-refractivity contribution in [2.45, 2.75) is 57.1 Å². The van der Waals surface area contributed by atoms with Crippen LogP contribution in [-0.2, 0) is 17.6 Å². The maximum absolute atomic E-state index is 12.9. The summed E-state index contributed by atoms with van der Waals surface area (Å²) in [4.78, 5) is 31.5. The molecule has 0 unspecified atom stereocenters. The molecule has 2 heterocycles. The van der Waals surface area contributed by atoms with Gasteiger partial charge in [0.25, 0.3) is 5.56 Å². The first-order valence-corrected chi connectivity index (χ1v) is 12.3. The van der Waals surface area contributed by atoms with Crippen molar-refractivity contribution in [3.63, 3.8) is 0 Å². The highest BCUT2D eigenvalue weighted by atomic mass is 32.2. The van der Waals surface area contributed by atoms with Gasteiger partial charge in [0.2, 0.25) is 5.91 Å². The van der Waals surface area contributed by atoms with E-state index in [4.69, 9.17) is 0 Å². The molecule has 0 saturated heterocycles. The number of amides is 1. The van der Waals surface area contributed by atoms with Crippen LogP contribution in [0.4, 0.5) is 5.00 Å². The summed E-state index contributed by atoms with van der Waals surface area (Å²) in [6, 6.07) is 9.47. The molecule has 1 N–H and O–H groups in total. The Kier molecular flexibility index (Phi) is 6.44. The van der Waals surface area contributed by atoms with Crippen molar-refractivity contribution in [2.75, 3.05) is 11.1 Å². The van der Waals surface area contributed by atoms with Gasteiger partial charge in [0.1, 0.15) is 11.1 Å². The molecule has 1 amide bonds. The van der Waals surface area contributed by atoms with Gasteiger partial charge in [0, 0.05) is 10.9 Å². The number of hydrogen-bond acceptors (Lipinski definition) is 6. The molecule has 8 heteroatoms. The second-order valence-electron chi connectivity index (χ2n) is 7.90. The summed E-state index contributed by atoms with van der Waals surface area (Å²) >= 11 is 2.77. The van der Waals surface area contributed by atoms with E-state index in [0.29, 0.717) is 26.6 Å². The lowest BCUT2D eigenvalue weighted by Gasteiger charge is -2.16. The summed E-state index contributed by atoms with van der Waals surface area (Å²) in [5, 5.41) is 14.3. The predicted molar refractivity (Wildman–Crippen MR) is 126 cm³/mol. The number of hydrogen-bond donors (Lipinski definition) is 1. The first kappa shape index (κ1) is 21.6. The predicted octanol–water partition coefficient (Wildman–Crippen LogP) is 4.91. The Morgan fingerprint density at radius 2 is 2.06 bits per heavy atom. The highest BCUT2D eigenvalue weighted by molar-refractivity contribution is 7.99. The molecule has 1 aliphatic carbocycles. The average molecular weight is 453 g/mol. The average Bonchev–Trinajstić information content (AvgIpc) is 2.90. The van der Waals surface area contributed by atoms with Gasteiger partial charge in [-0.2, -0.15) is 5.26 Å². The molecule has 31 heavy (non-hydrogen) atoms. The van der Waals surface area contributed by atoms with Crippen molar-refractivity contribution in [2.24, 2.45) is 0 Å². The van der Waals surface area contributed by atoms with Crippen LogP contribution in [0.25, 0.3) is 10.9 Å². The maximum Gasteiger partial charge on any atom is 0.262 e. The summed E-state index contributed by atoms with van der Waals surface area (Å²) < 4.78 is 1.63. The van der Waals surface area contributed by atoms with Crippen molar-refractivity contribution < 1.29 is 4.79 Å². The Labute approximate surface area is 189 Å². The SMILES string of the molecule is CC(C)n1c(SCC(=O)Nc2sc3c(c2C#N)CCCCC3)nc2ccccc2c1=O. The van der Waals surface area contributed by atoms with Crippen LogP contribution >= 0.6 is 23.1 Å². The maximum atomic E-state index is 12.9. The molecule has 0 atom stereocenters. The quantitative estimate of drug-likeness (QED) is 0.338. The zero-order valence-electron chi connectivity index (χ0n) is 17.6. The first-order chi connectivity index (χ1) is 15.0. The molecule has 1 aliphatic rings. The van der Waals surface area contributed by atoms with Gasteiger partial charge in [-0.1, -0.05) is 30.3 Å². The third-order valence-electron chi connectivity index (χ3n) is 5.41. The van der Waals surface area contributed by atoms with E-state index in [1.54, 1.807) is 10.6 Å². The Balaban J connectivity index is 1.55. The normalized spacial score (nSPS) is 13.6. The summed E-state index contributed by atoms with van der Waals surface area (Å²) in [6.07, 6.45) is 5.27. The smallest absolute Gasteiger partial charge is 0.262 e. The summed E-state index contributed by atoms with van der Waals surface area (Å²) in [6.45, 7) is 3.86. The molecular weight excluding hydrogens is 428 g/mol. The number of nitriles is 1. The number of thioether (sulfide) groups is 1. The molecule has 0 spiro atoms. The number of anilines is 1. The van der Waals surface area contributed by atoms with Crippen LogP contribution in [0.2, 0.25) is 0 Å². The zero-order valence-corrected chi connectivity index (χ0v) is 19.2. The van der Waals surface area contributed by atoms with Crippen LogP contribution in [0.3, 0.4) is 0 Å². The molecule has 0 radical (unpaired) electrons. The van der Waals surface area contributed by atoms with E-state index in [1.807, 2.05) is 32.0 Å². The van der Waals surface area contributed by atoms with Crippen molar-refractivity contribution in [3.8, 4) is 6.07 Å².